The molecule has 1 aromatic heterocycles. The Hall–Kier alpha value is -3.94. The maximum absolute atomic E-state index is 15.5. The minimum absolute atomic E-state index is 0.166. The summed E-state index contributed by atoms with van der Waals surface area (Å²) in [6, 6.07) is 5.02. The SMILES string of the molecule is CCn1c(C(=O)O)nn(-c2ccc(C(=O)Nc3c(F)cccc3Cl)c(OC(C)C(F)(F)F)c2F)c1=O. The number of nitrogens with zero attached hydrogens (tertiary/aromatic N) is 3. The van der Waals surface area contributed by atoms with Crippen LogP contribution in [0, 0.1) is 11.6 Å². The molecule has 0 aliphatic heterocycles. The summed E-state index contributed by atoms with van der Waals surface area (Å²) in [4.78, 5) is 36.8. The molecule has 0 saturated carbocycles. The van der Waals surface area contributed by atoms with Crippen LogP contribution in [0.2, 0.25) is 5.02 Å². The van der Waals surface area contributed by atoms with Crippen LogP contribution in [-0.4, -0.2) is 43.6 Å². The van der Waals surface area contributed by atoms with Crippen molar-refractivity contribution < 1.29 is 41.4 Å². The minimum atomic E-state index is -4.98. The van der Waals surface area contributed by atoms with Crippen molar-refractivity contribution in [1.29, 1.82) is 0 Å². The summed E-state index contributed by atoms with van der Waals surface area (Å²) in [7, 11) is 0. The molecule has 0 bridgehead atoms. The van der Waals surface area contributed by atoms with Crippen LogP contribution in [-0.2, 0) is 6.54 Å². The number of carboxylic acid groups (broad SMARTS) is 1. The Balaban J connectivity index is 2.19. The second kappa shape index (κ2) is 9.97. The first kappa shape index (κ1) is 26.7. The van der Waals surface area contributed by atoms with E-state index in [1.54, 1.807) is 0 Å². The van der Waals surface area contributed by atoms with Gasteiger partial charge in [0, 0.05) is 6.54 Å². The molecule has 1 amide bonds. The number of benzene rings is 2. The van der Waals surface area contributed by atoms with Crippen molar-refractivity contribution in [1.82, 2.24) is 14.3 Å². The van der Waals surface area contributed by atoms with Gasteiger partial charge in [-0.15, -0.1) is 5.10 Å². The van der Waals surface area contributed by atoms with Gasteiger partial charge < -0.3 is 15.2 Å². The predicted molar refractivity (Wildman–Crippen MR) is 116 cm³/mol. The van der Waals surface area contributed by atoms with Crippen LogP contribution in [0.4, 0.5) is 27.6 Å². The number of nitrogens with one attached hydrogen (secondary N) is 1. The number of anilines is 1. The van der Waals surface area contributed by atoms with Crippen LogP contribution in [0.25, 0.3) is 5.69 Å². The molecule has 0 spiro atoms. The van der Waals surface area contributed by atoms with Gasteiger partial charge in [0.15, 0.2) is 17.7 Å². The number of carboxylic acids is 1. The largest absolute Gasteiger partial charge is 0.477 e. The number of hydrogen-bond acceptors (Lipinski definition) is 5. The van der Waals surface area contributed by atoms with Gasteiger partial charge in [-0.3, -0.25) is 9.36 Å². The summed E-state index contributed by atoms with van der Waals surface area (Å²) < 4.78 is 74.9. The lowest BCUT2D eigenvalue weighted by molar-refractivity contribution is -0.189. The van der Waals surface area contributed by atoms with Gasteiger partial charge in [-0.2, -0.15) is 17.9 Å². The fourth-order valence-electron chi connectivity index (χ4n) is 3.04. The van der Waals surface area contributed by atoms with E-state index in [0.29, 0.717) is 16.2 Å². The first-order chi connectivity index (χ1) is 16.8. The van der Waals surface area contributed by atoms with Gasteiger partial charge in [0.05, 0.1) is 16.3 Å². The minimum Gasteiger partial charge on any atom is -0.477 e. The molecule has 15 heteroatoms. The highest BCUT2D eigenvalue weighted by atomic mass is 35.5. The summed E-state index contributed by atoms with van der Waals surface area (Å²) >= 11 is 5.85. The van der Waals surface area contributed by atoms with Crippen molar-refractivity contribution in [3.05, 3.63) is 68.9 Å². The van der Waals surface area contributed by atoms with Crippen LogP contribution in [0.5, 0.6) is 5.75 Å². The number of aromatic nitrogens is 3. The fourth-order valence-corrected chi connectivity index (χ4v) is 3.25. The maximum atomic E-state index is 15.5. The van der Waals surface area contributed by atoms with Crippen LogP contribution in [0.15, 0.2) is 35.1 Å². The van der Waals surface area contributed by atoms with Gasteiger partial charge in [0.25, 0.3) is 5.91 Å². The highest BCUT2D eigenvalue weighted by Crippen LogP contribution is 2.33. The van der Waals surface area contributed by atoms with Crippen molar-refractivity contribution in [2.75, 3.05) is 5.32 Å². The first-order valence-electron chi connectivity index (χ1n) is 10.0. The number of hydrogen-bond donors (Lipinski definition) is 2. The normalized spacial score (nSPS) is 12.3. The Labute approximate surface area is 203 Å². The fraction of sp³-hybridized carbons (Fsp3) is 0.238. The van der Waals surface area contributed by atoms with E-state index < -0.39 is 70.0 Å². The van der Waals surface area contributed by atoms with Gasteiger partial charge in [-0.25, -0.2) is 18.4 Å². The molecule has 1 heterocycles. The molecule has 3 rings (SSSR count). The Morgan fingerprint density at radius 1 is 1.22 bits per heavy atom. The Morgan fingerprint density at radius 3 is 2.42 bits per heavy atom. The molecular formula is C21H16ClF5N4O5. The standard InChI is InChI=1S/C21H16ClF5N4O5/c1-3-30-17(19(33)34)29-31(20(30)35)13-8-7-10(16(14(13)24)36-9(2)21(25,26)27)18(32)28-15-11(22)5-4-6-12(15)23/h4-9H,3H2,1-2H3,(H,28,32)(H,33,34). The number of halogens is 6. The van der Waals surface area contributed by atoms with E-state index >= 15 is 4.39 Å². The molecule has 0 aliphatic rings. The number of carbonyl (C=O) groups excluding carboxylic acids is 1. The number of alkyl halides is 3. The van der Waals surface area contributed by atoms with Gasteiger partial charge >= 0.3 is 17.8 Å². The lowest BCUT2D eigenvalue weighted by atomic mass is 10.1. The summed E-state index contributed by atoms with van der Waals surface area (Å²) in [6.45, 7) is 1.79. The van der Waals surface area contributed by atoms with E-state index in [1.807, 2.05) is 5.32 Å². The van der Waals surface area contributed by atoms with Crippen molar-refractivity contribution in [2.24, 2.45) is 0 Å². The lowest BCUT2D eigenvalue weighted by Crippen LogP contribution is -2.32. The third kappa shape index (κ3) is 5.03. The predicted octanol–water partition coefficient (Wildman–Crippen LogP) is 4.27. The number of para-hydroxylation sites is 1. The van der Waals surface area contributed by atoms with Crippen molar-refractivity contribution in [2.45, 2.75) is 32.7 Å². The molecule has 0 radical (unpaired) electrons. The van der Waals surface area contributed by atoms with Gasteiger partial charge in [-0.05, 0) is 38.1 Å². The molecule has 1 atom stereocenters. The van der Waals surface area contributed by atoms with E-state index in [0.717, 1.165) is 18.2 Å². The summed E-state index contributed by atoms with van der Waals surface area (Å²) in [5, 5.41) is 14.6. The molecule has 2 aromatic carbocycles. The molecule has 3 aromatic rings. The zero-order valence-electron chi connectivity index (χ0n) is 18.4. The Bertz CT molecular complexity index is 1380. The van der Waals surface area contributed by atoms with Crippen molar-refractivity contribution in [3.8, 4) is 11.4 Å². The number of amides is 1. The zero-order chi connectivity index (χ0) is 26.9. The molecule has 1 unspecified atom stereocenters. The molecule has 0 saturated heterocycles. The van der Waals surface area contributed by atoms with Crippen molar-refractivity contribution >= 4 is 29.2 Å². The molecule has 0 aliphatic carbocycles. The van der Waals surface area contributed by atoms with E-state index in [2.05, 4.69) is 5.10 Å². The summed E-state index contributed by atoms with van der Waals surface area (Å²) in [5.74, 6) is -7.50. The molecule has 2 N–H and O–H groups in total. The smallest absolute Gasteiger partial charge is 0.425 e. The third-order valence-corrected chi connectivity index (χ3v) is 5.19. The Morgan fingerprint density at radius 2 is 1.89 bits per heavy atom. The number of carbonyl (C=O) groups is 2. The molecule has 9 nitrogen and oxygen atoms in total. The third-order valence-electron chi connectivity index (χ3n) is 4.88. The van der Waals surface area contributed by atoms with Crippen LogP contribution >= 0.6 is 11.6 Å². The second-order valence-electron chi connectivity index (χ2n) is 7.20. The molecule has 0 fully saturated rings. The first-order valence-corrected chi connectivity index (χ1v) is 10.4. The average molecular weight is 535 g/mol. The number of aromatic carboxylic acids is 1. The van der Waals surface area contributed by atoms with Crippen molar-refractivity contribution in [3.63, 3.8) is 0 Å². The van der Waals surface area contributed by atoms with Gasteiger partial charge in [0.2, 0.25) is 5.82 Å². The van der Waals surface area contributed by atoms with Gasteiger partial charge in [-0.1, -0.05) is 17.7 Å². The molecular weight excluding hydrogens is 519 g/mol. The van der Waals surface area contributed by atoms with Gasteiger partial charge in [0.1, 0.15) is 11.5 Å². The zero-order valence-corrected chi connectivity index (χ0v) is 19.1. The second-order valence-corrected chi connectivity index (χ2v) is 7.60. The van der Waals surface area contributed by atoms with E-state index in [1.165, 1.54) is 19.1 Å². The van der Waals surface area contributed by atoms with E-state index in [-0.39, 0.29) is 11.6 Å². The molecule has 192 valence electrons. The molecule has 36 heavy (non-hydrogen) atoms. The number of rotatable bonds is 7. The maximum Gasteiger partial charge on any atom is 0.425 e. The Kier molecular flexibility index (Phi) is 7.38. The lowest BCUT2D eigenvalue weighted by Gasteiger charge is -2.21. The van der Waals surface area contributed by atoms with Crippen LogP contribution < -0.4 is 15.7 Å². The summed E-state index contributed by atoms with van der Waals surface area (Å²) in [6.07, 6.45) is -7.60. The average Bonchev–Trinajstić information content (AvgIpc) is 3.13. The quantitative estimate of drug-likeness (QED) is 0.438. The van der Waals surface area contributed by atoms with Crippen LogP contribution in [0.3, 0.4) is 0 Å². The number of ether oxygens (including phenoxy) is 1. The van der Waals surface area contributed by atoms with Crippen LogP contribution in [0.1, 0.15) is 34.8 Å². The topological polar surface area (TPSA) is 115 Å². The monoisotopic (exact) mass is 534 g/mol. The highest BCUT2D eigenvalue weighted by Gasteiger charge is 2.40. The summed E-state index contributed by atoms with van der Waals surface area (Å²) in [5.41, 5.74) is -3.22. The van der Waals surface area contributed by atoms with E-state index in [9.17, 15) is 37.1 Å². The van der Waals surface area contributed by atoms with E-state index in [4.69, 9.17) is 16.3 Å². The highest BCUT2D eigenvalue weighted by molar-refractivity contribution is 6.34.